The van der Waals surface area contributed by atoms with Gasteiger partial charge in [0.1, 0.15) is 0 Å². The fraction of sp³-hybridized carbons (Fsp3) is 0.238. The molecule has 0 aliphatic rings. The Balaban J connectivity index is 1.64. The zero-order chi connectivity index (χ0) is 19.9. The zero-order valence-corrected chi connectivity index (χ0v) is 16.6. The molecule has 1 amide bonds. The van der Waals surface area contributed by atoms with E-state index in [-0.39, 0.29) is 23.1 Å². The molecule has 3 aromatic rings. The number of aromatic amines is 1. The molecule has 1 unspecified atom stereocenters. The Bertz CT molecular complexity index is 990. The van der Waals surface area contributed by atoms with Crippen molar-refractivity contribution in [3.63, 3.8) is 0 Å². The number of benzene rings is 1. The number of hydrogen-bond donors (Lipinski definition) is 2. The maximum atomic E-state index is 12.5. The van der Waals surface area contributed by atoms with E-state index in [1.807, 2.05) is 42.5 Å². The van der Waals surface area contributed by atoms with Crippen LogP contribution in [-0.2, 0) is 17.8 Å². The van der Waals surface area contributed by atoms with Crippen LogP contribution in [-0.4, -0.2) is 20.9 Å². The number of carbonyl (C=O) groups excluding carboxylic acids is 1. The van der Waals surface area contributed by atoms with Gasteiger partial charge >= 0.3 is 0 Å². The van der Waals surface area contributed by atoms with Crippen LogP contribution in [0.2, 0.25) is 0 Å². The van der Waals surface area contributed by atoms with Crippen molar-refractivity contribution < 1.29 is 4.79 Å². The molecule has 0 aliphatic heterocycles. The minimum atomic E-state index is -0.271. The highest BCUT2D eigenvalue weighted by Crippen LogP contribution is 2.32. The minimum Gasteiger partial charge on any atom is -0.352 e. The van der Waals surface area contributed by atoms with Crippen LogP contribution in [0.15, 0.2) is 64.8 Å². The highest BCUT2D eigenvalue weighted by Gasteiger charge is 2.15. The summed E-state index contributed by atoms with van der Waals surface area (Å²) >= 11 is 1.49. The Kier molecular flexibility index (Phi) is 6.60. The molecule has 0 bridgehead atoms. The lowest BCUT2D eigenvalue weighted by Gasteiger charge is -2.12. The highest BCUT2D eigenvalue weighted by atomic mass is 32.2. The fourth-order valence-corrected chi connectivity index (χ4v) is 3.70. The first-order valence-corrected chi connectivity index (χ1v) is 9.88. The van der Waals surface area contributed by atoms with Gasteiger partial charge in [-0.15, -0.1) is 0 Å². The molecule has 0 saturated carbocycles. The Morgan fingerprint density at radius 2 is 2.00 bits per heavy atom. The quantitative estimate of drug-likeness (QED) is 0.475. The number of rotatable bonds is 7. The van der Waals surface area contributed by atoms with Crippen LogP contribution in [0.25, 0.3) is 0 Å². The summed E-state index contributed by atoms with van der Waals surface area (Å²) in [6.07, 6.45) is 3.37. The Morgan fingerprint density at radius 3 is 2.68 bits per heavy atom. The minimum absolute atomic E-state index is 0.00634. The SMILES string of the molecule is Cc1nc(SC(C)c2ccccc2)[nH]c(=O)c1CC(=O)NCc1cccnc1. The molecule has 1 atom stereocenters. The van der Waals surface area contributed by atoms with Gasteiger partial charge in [-0.05, 0) is 31.0 Å². The summed E-state index contributed by atoms with van der Waals surface area (Å²) < 4.78 is 0. The summed E-state index contributed by atoms with van der Waals surface area (Å²) in [6.45, 7) is 4.20. The molecule has 6 nitrogen and oxygen atoms in total. The van der Waals surface area contributed by atoms with Crippen molar-refractivity contribution in [2.24, 2.45) is 0 Å². The number of H-pyrrole nitrogens is 1. The molecule has 0 fully saturated rings. The van der Waals surface area contributed by atoms with Gasteiger partial charge in [0, 0.05) is 35.4 Å². The van der Waals surface area contributed by atoms with Crippen LogP contribution in [0.1, 0.15) is 34.6 Å². The number of aromatic nitrogens is 3. The van der Waals surface area contributed by atoms with Crippen LogP contribution >= 0.6 is 11.8 Å². The van der Waals surface area contributed by atoms with Crippen LogP contribution < -0.4 is 10.9 Å². The van der Waals surface area contributed by atoms with E-state index in [1.165, 1.54) is 11.8 Å². The molecule has 0 spiro atoms. The van der Waals surface area contributed by atoms with Gasteiger partial charge in [0.25, 0.3) is 5.56 Å². The number of amides is 1. The molecule has 0 saturated heterocycles. The van der Waals surface area contributed by atoms with Crippen LogP contribution in [0, 0.1) is 6.92 Å². The predicted molar refractivity (Wildman–Crippen MR) is 110 cm³/mol. The molecule has 1 aromatic carbocycles. The lowest BCUT2D eigenvalue weighted by Crippen LogP contribution is -2.28. The number of aryl methyl sites for hydroxylation is 1. The second-order valence-corrected chi connectivity index (χ2v) is 7.75. The van der Waals surface area contributed by atoms with E-state index in [1.54, 1.807) is 19.3 Å². The number of carbonyl (C=O) groups is 1. The molecule has 3 rings (SSSR count). The largest absolute Gasteiger partial charge is 0.352 e. The summed E-state index contributed by atoms with van der Waals surface area (Å²) in [5.74, 6) is -0.225. The standard InChI is InChI=1S/C21H22N4O2S/c1-14-18(11-19(26)23-13-16-7-6-10-22-12-16)20(27)25-21(24-14)28-15(2)17-8-4-3-5-9-17/h3-10,12,15H,11,13H2,1-2H3,(H,23,26)(H,24,25,27). The van der Waals surface area contributed by atoms with Gasteiger partial charge in [0.15, 0.2) is 5.16 Å². The Morgan fingerprint density at radius 1 is 1.21 bits per heavy atom. The topological polar surface area (TPSA) is 87.7 Å². The Hall–Kier alpha value is -2.93. The van der Waals surface area contributed by atoms with E-state index in [4.69, 9.17) is 0 Å². The van der Waals surface area contributed by atoms with Crippen LogP contribution in [0.3, 0.4) is 0 Å². The van der Waals surface area contributed by atoms with Gasteiger partial charge in [-0.25, -0.2) is 4.98 Å². The van der Waals surface area contributed by atoms with Crippen molar-refractivity contribution in [2.45, 2.75) is 37.2 Å². The number of nitrogens with zero attached hydrogens (tertiary/aromatic N) is 2. The van der Waals surface area contributed by atoms with Gasteiger partial charge in [-0.1, -0.05) is 48.2 Å². The highest BCUT2D eigenvalue weighted by molar-refractivity contribution is 7.99. The predicted octanol–water partition coefficient (Wildman–Crippen LogP) is 3.19. The van der Waals surface area contributed by atoms with Gasteiger partial charge in [0.05, 0.1) is 6.42 Å². The molecular weight excluding hydrogens is 372 g/mol. The number of pyridine rings is 1. The number of thioether (sulfide) groups is 1. The smallest absolute Gasteiger partial charge is 0.255 e. The van der Waals surface area contributed by atoms with E-state index in [0.717, 1.165) is 11.1 Å². The third-order valence-corrected chi connectivity index (χ3v) is 5.35. The molecule has 144 valence electrons. The lowest BCUT2D eigenvalue weighted by atomic mass is 10.1. The summed E-state index contributed by atoms with van der Waals surface area (Å²) in [7, 11) is 0. The van der Waals surface area contributed by atoms with Gasteiger partial charge in [-0.2, -0.15) is 0 Å². The third kappa shape index (κ3) is 5.29. The average molecular weight is 395 g/mol. The molecule has 2 N–H and O–H groups in total. The van der Waals surface area contributed by atoms with E-state index in [0.29, 0.717) is 23.0 Å². The van der Waals surface area contributed by atoms with E-state index >= 15 is 0 Å². The van der Waals surface area contributed by atoms with Gasteiger partial charge in [-0.3, -0.25) is 14.6 Å². The van der Waals surface area contributed by atoms with Crippen molar-refractivity contribution in [2.75, 3.05) is 0 Å². The van der Waals surface area contributed by atoms with Gasteiger partial charge in [0.2, 0.25) is 5.91 Å². The van der Waals surface area contributed by atoms with E-state index in [9.17, 15) is 9.59 Å². The number of nitrogens with one attached hydrogen (secondary N) is 2. The normalized spacial score (nSPS) is 11.8. The molecule has 0 aliphatic carbocycles. The fourth-order valence-electron chi connectivity index (χ4n) is 2.73. The first kappa shape index (κ1) is 19.8. The molecule has 2 heterocycles. The maximum Gasteiger partial charge on any atom is 0.255 e. The van der Waals surface area contributed by atoms with Crippen molar-refractivity contribution in [1.82, 2.24) is 20.3 Å². The average Bonchev–Trinajstić information content (AvgIpc) is 2.70. The Labute approximate surface area is 167 Å². The van der Waals surface area contributed by atoms with Crippen LogP contribution in [0.5, 0.6) is 0 Å². The number of hydrogen-bond acceptors (Lipinski definition) is 5. The monoisotopic (exact) mass is 394 g/mol. The second kappa shape index (κ2) is 9.32. The summed E-state index contributed by atoms with van der Waals surface area (Å²) in [4.78, 5) is 36.0. The molecule has 7 heteroatoms. The summed E-state index contributed by atoms with van der Waals surface area (Å²) in [6, 6.07) is 13.7. The lowest BCUT2D eigenvalue weighted by molar-refractivity contribution is -0.120. The first-order chi connectivity index (χ1) is 13.5. The van der Waals surface area contributed by atoms with E-state index < -0.39 is 0 Å². The van der Waals surface area contributed by atoms with Gasteiger partial charge < -0.3 is 10.3 Å². The second-order valence-electron chi connectivity index (χ2n) is 6.42. The molecule has 0 radical (unpaired) electrons. The molecular formula is C21H22N4O2S. The summed E-state index contributed by atoms with van der Waals surface area (Å²) in [5.41, 5.74) is 2.75. The van der Waals surface area contributed by atoms with Crippen molar-refractivity contribution in [3.8, 4) is 0 Å². The van der Waals surface area contributed by atoms with Crippen molar-refractivity contribution >= 4 is 17.7 Å². The van der Waals surface area contributed by atoms with Crippen molar-refractivity contribution in [1.29, 1.82) is 0 Å². The first-order valence-electron chi connectivity index (χ1n) is 9.00. The molecule has 28 heavy (non-hydrogen) atoms. The van der Waals surface area contributed by atoms with Crippen LogP contribution in [0.4, 0.5) is 0 Å². The zero-order valence-electron chi connectivity index (χ0n) is 15.8. The third-order valence-electron chi connectivity index (χ3n) is 4.31. The van der Waals surface area contributed by atoms with Crippen molar-refractivity contribution in [3.05, 3.63) is 87.6 Å². The van der Waals surface area contributed by atoms with E-state index in [2.05, 4.69) is 27.2 Å². The molecule has 2 aromatic heterocycles. The summed E-state index contributed by atoms with van der Waals surface area (Å²) in [5, 5.41) is 3.51. The maximum absolute atomic E-state index is 12.5.